The number of rotatable bonds is 11. The molecule has 6 nitrogen and oxygen atoms in total. The number of aliphatic hydroxyl groups is 1. The van der Waals surface area contributed by atoms with Gasteiger partial charge in [0.1, 0.15) is 0 Å². The van der Waals surface area contributed by atoms with Gasteiger partial charge in [-0.25, -0.2) is 0 Å². The fourth-order valence-electron chi connectivity index (χ4n) is 9.03. The van der Waals surface area contributed by atoms with E-state index in [4.69, 9.17) is 0 Å². The second-order valence-corrected chi connectivity index (χ2v) is 16.4. The van der Waals surface area contributed by atoms with Crippen LogP contribution in [0.3, 0.4) is 0 Å². The SMILES string of the molecule is C/C(O)=C/C(=O)CCc1ccccc1-c1cc(-c2ccccc2-c2c[c-]c(N3[CH-]N(C)c4ccccc43)cc2)cc(-c2ccccc2-c2c[c-]c(N3[CH-]N(C)c4ccccc43)cc2)c1.[Ir]. The van der Waals surface area contributed by atoms with Crippen LogP contribution >= 0.6 is 0 Å². The monoisotopic (exact) mass is 1020 g/mol. The topological polar surface area (TPSA) is 50.3 Å². The Labute approximate surface area is 395 Å². The Balaban J connectivity index is 0.00000533. The van der Waals surface area contributed by atoms with Crippen LogP contribution in [0.25, 0.3) is 55.6 Å². The van der Waals surface area contributed by atoms with Crippen LogP contribution in [-0.4, -0.2) is 25.0 Å². The van der Waals surface area contributed by atoms with Crippen molar-refractivity contribution in [3.8, 4) is 55.6 Å². The van der Waals surface area contributed by atoms with Crippen LogP contribution < -0.4 is 19.6 Å². The van der Waals surface area contributed by atoms with Crippen molar-refractivity contribution in [3.05, 3.63) is 219 Å². The first-order valence-electron chi connectivity index (χ1n) is 21.6. The molecule has 0 amide bonds. The first-order chi connectivity index (χ1) is 31.3. The number of allylic oxidation sites excluding steroid dienone is 2. The largest absolute Gasteiger partial charge is 0.512 e. The number of carbonyl (C=O) groups excluding carboxylic acids is 1. The third-order valence-electron chi connectivity index (χ3n) is 12.1. The van der Waals surface area contributed by atoms with Crippen molar-refractivity contribution in [2.45, 2.75) is 19.8 Å². The normalized spacial score (nSPS) is 13.1. The van der Waals surface area contributed by atoms with Gasteiger partial charge in [-0.15, -0.1) is 34.6 Å². The van der Waals surface area contributed by atoms with E-state index in [1.165, 1.54) is 13.0 Å². The van der Waals surface area contributed by atoms with E-state index in [9.17, 15) is 9.90 Å². The predicted octanol–water partition coefficient (Wildman–Crippen LogP) is 14.0. The summed E-state index contributed by atoms with van der Waals surface area (Å²) in [5.74, 6) is -0.0810. The molecular weight excluding hydrogens is 977 g/mol. The van der Waals surface area contributed by atoms with E-state index in [0.29, 0.717) is 12.8 Å². The van der Waals surface area contributed by atoms with Gasteiger partial charge >= 0.3 is 0 Å². The molecule has 7 heteroatoms. The zero-order chi connectivity index (χ0) is 43.7. The van der Waals surface area contributed by atoms with Gasteiger partial charge in [0.05, 0.1) is 5.76 Å². The quantitative estimate of drug-likeness (QED) is 0.0791. The van der Waals surface area contributed by atoms with Gasteiger partial charge in [-0.1, -0.05) is 108 Å². The van der Waals surface area contributed by atoms with Crippen molar-refractivity contribution >= 4 is 39.9 Å². The molecule has 65 heavy (non-hydrogen) atoms. The predicted molar refractivity (Wildman–Crippen MR) is 264 cm³/mol. The van der Waals surface area contributed by atoms with Crippen molar-refractivity contribution in [1.29, 1.82) is 0 Å². The van der Waals surface area contributed by atoms with Gasteiger partial charge in [0.25, 0.3) is 0 Å². The average Bonchev–Trinajstić information content (AvgIpc) is 3.86. The molecule has 0 unspecified atom stereocenters. The van der Waals surface area contributed by atoms with Crippen LogP contribution in [-0.2, 0) is 31.3 Å². The third kappa shape index (κ3) is 8.61. The van der Waals surface area contributed by atoms with E-state index in [0.717, 1.165) is 95.3 Å². The van der Waals surface area contributed by atoms with Gasteiger partial charge in [0, 0.05) is 55.4 Å². The Kier molecular flexibility index (Phi) is 12.3. The first kappa shape index (κ1) is 43.1. The third-order valence-corrected chi connectivity index (χ3v) is 12.1. The number of fused-ring (bicyclic) bond motifs is 2. The second kappa shape index (κ2) is 18.5. The number of hydrogen-bond donors (Lipinski definition) is 1. The molecule has 0 saturated carbocycles. The summed E-state index contributed by atoms with van der Waals surface area (Å²) >= 11 is 0. The Morgan fingerprint density at radius 3 is 1.34 bits per heavy atom. The summed E-state index contributed by atoms with van der Waals surface area (Å²) in [5, 5.41) is 9.78. The molecule has 0 atom stereocenters. The van der Waals surface area contributed by atoms with Crippen LogP contribution in [0.4, 0.5) is 34.1 Å². The second-order valence-electron chi connectivity index (χ2n) is 16.4. The summed E-state index contributed by atoms with van der Waals surface area (Å²) in [7, 11) is 4.14. The standard InChI is InChI=1S/C58H46N4O2.Ir/c1-40(63)34-49(64)33-28-41-14-4-5-15-50(41)44-35-45(53-18-8-6-16-51(53)42-24-29-47(30-25-42)61-38-59(2)55-20-10-12-22-57(55)61)37-46(36-44)54-19-9-7-17-52(54)43-26-31-48(32-27-43)62-39-60(3)56-21-11-13-23-58(56)62;/h4-27,29,31,34-39,63H,28,33H2,1-3H3;/q-4;/b40-34-;. The molecule has 2 aliphatic rings. The van der Waals surface area contributed by atoms with Crippen molar-refractivity contribution in [3.63, 3.8) is 0 Å². The molecule has 1 N–H and O–H groups in total. The number of para-hydroxylation sites is 4. The van der Waals surface area contributed by atoms with E-state index in [1.54, 1.807) is 0 Å². The van der Waals surface area contributed by atoms with Crippen molar-refractivity contribution in [1.82, 2.24) is 0 Å². The minimum absolute atomic E-state index is 0. The maximum atomic E-state index is 12.8. The zero-order valence-electron chi connectivity index (χ0n) is 36.4. The minimum Gasteiger partial charge on any atom is -0.512 e. The molecular formula is C58H46IrN4O2-4. The first-order valence-corrected chi connectivity index (χ1v) is 21.6. The van der Waals surface area contributed by atoms with E-state index < -0.39 is 0 Å². The summed E-state index contributed by atoms with van der Waals surface area (Å²) in [5.41, 5.74) is 18.4. The molecule has 0 aliphatic carbocycles. The summed E-state index contributed by atoms with van der Waals surface area (Å²) in [6, 6.07) is 69.2. The van der Waals surface area contributed by atoms with E-state index in [1.807, 2.05) is 6.07 Å². The van der Waals surface area contributed by atoms with Gasteiger partial charge in [-0.3, -0.25) is 4.79 Å². The van der Waals surface area contributed by atoms with Crippen molar-refractivity contribution < 1.29 is 30.0 Å². The molecule has 0 aromatic heterocycles. The Hall–Kier alpha value is -7.18. The Morgan fingerprint density at radius 2 is 0.908 bits per heavy atom. The average molecular weight is 1020 g/mol. The van der Waals surface area contributed by atoms with Crippen LogP contribution in [0, 0.1) is 25.5 Å². The number of nitrogens with zero attached hydrogens (tertiary/aromatic N) is 4. The Morgan fingerprint density at radius 1 is 0.523 bits per heavy atom. The number of ketones is 1. The molecule has 0 bridgehead atoms. The summed E-state index contributed by atoms with van der Waals surface area (Å²) in [6.45, 7) is 5.73. The van der Waals surface area contributed by atoms with Crippen LogP contribution in [0.1, 0.15) is 18.9 Å². The molecule has 2 heterocycles. The number of benzene rings is 8. The van der Waals surface area contributed by atoms with Crippen molar-refractivity contribution in [2.24, 2.45) is 0 Å². The molecule has 323 valence electrons. The molecule has 0 saturated heterocycles. The van der Waals surface area contributed by atoms with Gasteiger partial charge in [0.15, 0.2) is 5.78 Å². The summed E-state index contributed by atoms with van der Waals surface area (Å²) < 4.78 is 0. The molecule has 0 spiro atoms. The number of hydrogen-bond acceptors (Lipinski definition) is 6. The smallest absolute Gasteiger partial charge is 0.159 e. The minimum atomic E-state index is -0.101. The van der Waals surface area contributed by atoms with Gasteiger partial charge in [-0.2, -0.15) is 49.7 Å². The molecule has 2 aliphatic heterocycles. The van der Waals surface area contributed by atoms with Gasteiger partial charge in [0.2, 0.25) is 0 Å². The number of anilines is 6. The Bertz CT molecular complexity index is 2880. The molecule has 10 rings (SSSR count). The number of aryl methyl sites for hydroxylation is 1. The number of carbonyl (C=O) groups is 1. The van der Waals surface area contributed by atoms with Crippen LogP contribution in [0.5, 0.6) is 0 Å². The van der Waals surface area contributed by atoms with Gasteiger partial charge < -0.3 is 24.7 Å². The van der Waals surface area contributed by atoms with E-state index >= 15 is 0 Å². The fraction of sp³-hybridized carbons (Fsp3) is 0.0862. The maximum absolute atomic E-state index is 12.8. The molecule has 8 aromatic rings. The zero-order valence-corrected chi connectivity index (χ0v) is 38.8. The van der Waals surface area contributed by atoms with Gasteiger partial charge in [-0.05, 0) is 109 Å². The van der Waals surface area contributed by atoms with Crippen molar-refractivity contribution in [2.75, 3.05) is 33.7 Å². The molecule has 1 radical (unpaired) electrons. The molecule has 0 fully saturated rings. The molecule has 8 aromatic carbocycles. The summed E-state index contributed by atoms with van der Waals surface area (Å²) in [6.07, 6.45) is 2.14. The van der Waals surface area contributed by atoms with E-state index in [2.05, 4.69) is 229 Å². The number of aliphatic hydroxyl groups excluding tert-OH is 1. The maximum Gasteiger partial charge on any atom is 0.159 e. The van der Waals surface area contributed by atoms with Crippen LogP contribution in [0.15, 0.2) is 188 Å². The van der Waals surface area contributed by atoms with Crippen LogP contribution in [0.2, 0.25) is 0 Å². The summed E-state index contributed by atoms with van der Waals surface area (Å²) in [4.78, 5) is 21.4. The van der Waals surface area contributed by atoms with E-state index in [-0.39, 0.29) is 31.6 Å². The fourth-order valence-corrected chi connectivity index (χ4v) is 9.03.